The van der Waals surface area contributed by atoms with Crippen molar-refractivity contribution < 1.29 is 24.3 Å². The van der Waals surface area contributed by atoms with E-state index in [0.29, 0.717) is 16.6 Å². The van der Waals surface area contributed by atoms with Crippen molar-refractivity contribution in [2.45, 2.75) is 26.2 Å². The second-order valence-corrected chi connectivity index (χ2v) is 6.43. The van der Waals surface area contributed by atoms with E-state index in [2.05, 4.69) is 6.92 Å². The number of hydrogen-bond acceptors (Lipinski definition) is 5. The first-order chi connectivity index (χ1) is 13.0. The number of esters is 1. The highest BCUT2D eigenvalue weighted by Crippen LogP contribution is 2.36. The van der Waals surface area contributed by atoms with Gasteiger partial charge >= 0.3 is 5.97 Å². The van der Waals surface area contributed by atoms with Crippen LogP contribution in [0.4, 0.5) is 0 Å². The first-order valence-corrected chi connectivity index (χ1v) is 9.07. The topological polar surface area (TPSA) is 76.1 Å². The standard InChI is InChI=1S/C21H23NO5/c1-3-14-8-10-16(11-9-14)27-17-7-5-6-15(12-17)18-13-22(25)20(23)19(18)21(24)26-4-2/h5-12,18-19,25H,3-4,13H2,1-2H3/t18-,19+/m0/s1. The molecule has 0 saturated carbocycles. The summed E-state index contributed by atoms with van der Waals surface area (Å²) in [5.41, 5.74) is 1.96. The predicted octanol–water partition coefficient (Wildman–Crippen LogP) is 3.54. The second-order valence-electron chi connectivity index (χ2n) is 6.43. The Bertz CT molecular complexity index is 818. The second kappa shape index (κ2) is 8.22. The lowest BCUT2D eigenvalue weighted by Gasteiger charge is -2.16. The summed E-state index contributed by atoms with van der Waals surface area (Å²) in [6.07, 6.45) is 0.957. The molecule has 6 heteroatoms. The number of hydrogen-bond donors (Lipinski definition) is 1. The fourth-order valence-corrected chi connectivity index (χ4v) is 3.25. The molecule has 0 radical (unpaired) electrons. The molecule has 1 N–H and O–H groups in total. The number of ether oxygens (including phenoxy) is 2. The normalized spacial score (nSPS) is 19.2. The monoisotopic (exact) mass is 369 g/mol. The molecule has 0 unspecified atom stereocenters. The molecule has 2 atom stereocenters. The molecule has 0 bridgehead atoms. The van der Waals surface area contributed by atoms with Crippen LogP contribution in [0.3, 0.4) is 0 Å². The number of aryl methyl sites for hydroxylation is 1. The van der Waals surface area contributed by atoms with Crippen molar-refractivity contribution in [3.8, 4) is 11.5 Å². The highest BCUT2D eigenvalue weighted by molar-refractivity contribution is 6.00. The molecule has 1 heterocycles. The van der Waals surface area contributed by atoms with Gasteiger partial charge in [-0.2, -0.15) is 0 Å². The van der Waals surface area contributed by atoms with Crippen LogP contribution >= 0.6 is 0 Å². The lowest BCUT2D eigenvalue weighted by atomic mass is 9.88. The van der Waals surface area contributed by atoms with Crippen LogP contribution in [0.1, 0.15) is 30.9 Å². The summed E-state index contributed by atoms with van der Waals surface area (Å²) in [5, 5.41) is 10.4. The van der Waals surface area contributed by atoms with Gasteiger partial charge in [-0.25, -0.2) is 5.06 Å². The van der Waals surface area contributed by atoms with Crippen LogP contribution in [-0.2, 0) is 20.7 Å². The van der Waals surface area contributed by atoms with Crippen molar-refractivity contribution in [2.75, 3.05) is 13.2 Å². The number of benzene rings is 2. The molecule has 1 aliphatic heterocycles. The Kier molecular flexibility index (Phi) is 5.76. The van der Waals surface area contributed by atoms with Gasteiger partial charge in [0.05, 0.1) is 13.2 Å². The molecule has 2 aromatic carbocycles. The molecule has 142 valence electrons. The van der Waals surface area contributed by atoms with Crippen molar-refractivity contribution in [3.05, 3.63) is 59.7 Å². The number of carbonyl (C=O) groups excluding carboxylic acids is 2. The number of rotatable bonds is 6. The van der Waals surface area contributed by atoms with Gasteiger partial charge in [-0.3, -0.25) is 14.8 Å². The number of hydroxylamine groups is 2. The van der Waals surface area contributed by atoms with Gasteiger partial charge in [0.1, 0.15) is 17.4 Å². The molecule has 1 saturated heterocycles. The van der Waals surface area contributed by atoms with Gasteiger partial charge in [0.25, 0.3) is 5.91 Å². The number of carbonyl (C=O) groups is 2. The van der Waals surface area contributed by atoms with E-state index < -0.39 is 23.7 Å². The Balaban J connectivity index is 1.82. The lowest BCUT2D eigenvalue weighted by Crippen LogP contribution is -2.30. The summed E-state index contributed by atoms with van der Waals surface area (Å²) in [7, 11) is 0. The smallest absolute Gasteiger partial charge is 0.319 e. The van der Waals surface area contributed by atoms with E-state index in [4.69, 9.17) is 9.47 Å². The Labute approximate surface area is 158 Å². The average molecular weight is 369 g/mol. The Morgan fingerprint density at radius 1 is 1.15 bits per heavy atom. The van der Waals surface area contributed by atoms with Gasteiger partial charge in [0.15, 0.2) is 0 Å². The Morgan fingerprint density at radius 2 is 1.89 bits per heavy atom. The summed E-state index contributed by atoms with van der Waals surface area (Å²) in [5.74, 6) is -1.49. The molecule has 1 aliphatic rings. The quantitative estimate of drug-likeness (QED) is 0.479. The van der Waals surface area contributed by atoms with Crippen molar-refractivity contribution in [3.63, 3.8) is 0 Å². The minimum atomic E-state index is -1.05. The molecule has 6 nitrogen and oxygen atoms in total. The molecule has 1 fully saturated rings. The van der Waals surface area contributed by atoms with Crippen LogP contribution in [-0.4, -0.2) is 35.3 Å². The van der Waals surface area contributed by atoms with Crippen molar-refractivity contribution >= 4 is 11.9 Å². The van der Waals surface area contributed by atoms with Crippen LogP contribution in [0.5, 0.6) is 11.5 Å². The van der Waals surface area contributed by atoms with Crippen molar-refractivity contribution in [2.24, 2.45) is 5.92 Å². The van der Waals surface area contributed by atoms with E-state index in [1.807, 2.05) is 36.4 Å². The maximum Gasteiger partial charge on any atom is 0.319 e. The number of nitrogens with zero attached hydrogens (tertiary/aromatic N) is 1. The highest BCUT2D eigenvalue weighted by Gasteiger charge is 2.46. The highest BCUT2D eigenvalue weighted by atomic mass is 16.5. The van der Waals surface area contributed by atoms with Gasteiger partial charge < -0.3 is 9.47 Å². The average Bonchev–Trinajstić information content (AvgIpc) is 2.98. The van der Waals surface area contributed by atoms with Gasteiger partial charge in [-0.05, 0) is 48.7 Å². The summed E-state index contributed by atoms with van der Waals surface area (Å²) in [4.78, 5) is 24.4. The van der Waals surface area contributed by atoms with Gasteiger partial charge in [-0.1, -0.05) is 31.2 Å². The summed E-state index contributed by atoms with van der Waals surface area (Å²) in [6.45, 7) is 3.99. The largest absolute Gasteiger partial charge is 0.465 e. The maximum atomic E-state index is 12.2. The zero-order valence-electron chi connectivity index (χ0n) is 15.4. The zero-order valence-corrected chi connectivity index (χ0v) is 15.4. The molecular formula is C21H23NO5. The first-order valence-electron chi connectivity index (χ1n) is 9.07. The Hall–Kier alpha value is -2.86. The molecule has 2 aromatic rings. The predicted molar refractivity (Wildman–Crippen MR) is 98.7 cm³/mol. The van der Waals surface area contributed by atoms with Crippen LogP contribution in [0, 0.1) is 5.92 Å². The fraction of sp³-hybridized carbons (Fsp3) is 0.333. The molecule has 27 heavy (non-hydrogen) atoms. The minimum absolute atomic E-state index is 0.0387. The third-order valence-electron chi connectivity index (χ3n) is 4.69. The zero-order chi connectivity index (χ0) is 19.4. The maximum absolute atomic E-state index is 12.2. The third-order valence-corrected chi connectivity index (χ3v) is 4.69. The molecular weight excluding hydrogens is 346 g/mol. The van der Waals surface area contributed by atoms with E-state index in [0.717, 1.165) is 12.0 Å². The molecule has 0 spiro atoms. The van der Waals surface area contributed by atoms with E-state index >= 15 is 0 Å². The minimum Gasteiger partial charge on any atom is -0.465 e. The van der Waals surface area contributed by atoms with Crippen LogP contribution < -0.4 is 4.74 Å². The third kappa shape index (κ3) is 4.11. The Morgan fingerprint density at radius 3 is 2.56 bits per heavy atom. The fourth-order valence-electron chi connectivity index (χ4n) is 3.25. The van der Waals surface area contributed by atoms with Crippen molar-refractivity contribution in [1.29, 1.82) is 0 Å². The summed E-state index contributed by atoms with van der Waals surface area (Å²) in [6, 6.07) is 15.0. The van der Waals surface area contributed by atoms with Crippen LogP contribution in [0.2, 0.25) is 0 Å². The van der Waals surface area contributed by atoms with E-state index in [9.17, 15) is 14.8 Å². The first kappa shape index (κ1) is 18.9. The van der Waals surface area contributed by atoms with E-state index in [1.165, 1.54) is 5.56 Å². The van der Waals surface area contributed by atoms with E-state index in [-0.39, 0.29) is 13.2 Å². The van der Waals surface area contributed by atoms with E-state index in [1.54, 1.807) is 19.1 Å². The summed E-state index contributed by atoms with van der Waals surface area (Å²) < 4.78 is 10.9. The van der Waals surface area contributed by atoms with Gasteiger partial charge in [-0.15, -0.1) is 0 Å². The lowest BCUT2D eigenvalue weighted by molar-refractivity contribution is -0.165. The molecule has 3 rings (SSSR count). The number of amides is 1. The molecule has 0 aliphatic carbocycles. The SMILES string of the molecule is CCOC(=O)[C@H]1C(=O)N(O)C[C@H]1c1cccc(Oc2ccc(CC)cc2)c1. The van der Waals surface area contributed by atoms with Crippen LogP contribution in [0.15, 0.2) is 48.5 Å². The van der Waals surface area contributed by atoms with Gasteiger partial charge in [0.2, 0.25) is 0 Å². The molecule has 0 aromatic heterocycles. The van der Waals surface area contributed by atoms with Crippen molar-refractivity contribution in [1.82, 2.24) is 5.06 Å². The molecule has 1 amide bonds. The summed E-state index contributed by atoms with van der Waals surface area (Å²) >= 11 is 0. The van der Waals surface area contributed by atoms with Crippen LogP contribution in [0.25, 0.3) is 0 Å². The van der Waals surface area contributed by atoms with Gasteiger partial charge in [0, 0.05) is 5.92 Å².